The highest BCUT2D eigenvalue weighted by Gasteiger charge is 2.24. The monoisotopic (exact) mass is 304 g/mol. The lowest BCUT2D eigenvalue weighted by Gasteiger charge is -2.09. The van der Waals surface area contributed by atoms with E-state index in [-0.39, 0.29) is 6.04 Å². The summed E-state index contributed by atoms with van der Waals surface area (Å²) in [7, 11) is -3.40. The standard InChI is InChI=1S/C12H20N2O3S2/c1-9(2)13-6-10-5-12(18-8-10)19(15,16)14-11-3-4-17-7-11/h5,8-9,11,13-14H,3-4,6-7H2,1-2H3. The second kappa shape index (κ2) is 6.32. The van der Waals surface area contributed by atoms with E-state index in [9.17, 15) is 8.42 Å². The molecular weight excluding hydrogens is 284 g/mol. The molecule has 0 radical (unpaired) electrons. The summed E-state index contributed by atoms with van der Waals surface area (Å²) in [6.07, 6.45) is 0.742. The minimum Gasteiger partial charge on any atom is -0.380 e. The van der Waals surface area contributed by atoms with Crippen LogP contribution in [0.25, 0.3) is 0 Å². The van der Waals surface area contributed by atoms with Gasteiger partial charge in [-0.05, 0) is 23.4 Å². The van der Waals surface area contributed by atoms with E-state index in [2.05, 4.69) is 23.9 Å². The number of thiophene rings is 1. The lowest BCUT2D eigenvalue weighted by atomic mass is 10.3. The zero-order valence-corrected chi connectivity index (χ0v) is 12.8. The largest absolute Gasteiger partial charge is 0.380 e. The maximum atomic E-state index is 12.2. The van der Waals surface area contributed by atoms with Gasteiger partial charge in [-0.2, -0.15) is 0 Å². The lowest BCUT2D eigenvalue weighted by Crippen LogP contribution is -2.34. The molecule has 1 aliphatic rings. The van der Waals surface area contributed by atoms with Crippen LogP contribution in [0.5, 0.6) is 0 Å². The van der Waals surface area contributed by atoms with Crippen LogP contribution >= 0.6 is 11.3 Å². The van der Waals surface area contributed by atoms with Crippen molar-refractivity contribution in [1.29, 1.82) is 0 Å². The van der Waals surface area contributed by atoms with E-state index in [0.29, 0.717) is 30.0 Å². The smallest absolute Gasteiger partial charge is 0.250 e. The van der Waals surface area contributed by atoms with Gasteiger partial charge < -0.3 is 10.1 Å². The highest BCUT2D eigenvalue weighted by atomic mass is 32.2. The molecule has 1 atom stereocenters. The molecule has 0 bridgehead atoms. The molecule has 1 aromatic heterocycles. The molecule has 1 aromatic rings. The predicted octanol–water partition coefficient (Wildman–Crippen LogP) is 1.31. The Kier molecular flexibility index (Phi) is 4.97. The van der Waals surface area contributed by atoms with Crippen molar-refractivity contribution in [3.05, 3.63) is 17.0 Å². The number of hydrogen-bond acceptors (Lipinski definition) is 5. The summed E-state index contributed by atoms with van der Waals surface area (Å²) in [5, 5.41) is 5.16. The van der Waals surface area contributed by atoms with Gasteiger partial charge in [-0.25, -0.2) is 13.1 Å². The Morgan fingerprint density at radius 2 is 2.32 bits per heavy atom. The summed E-state index contributed by atoms with van der Waals surface area (Å²) >= 11 is 1.26. The van der Waals surface area contributed by atoms with Gasteiger partial charge >= 0.3 is 0 Å². The Morgan fingerprint density at radius 3 is 2.95 bits per heavy atom. The summed E-state index contributed by atoms with van der Waals surface area (Å²) in [4.78, 5) is 0. The van der Waals surface area contributed by atoms with Gasteiger partial charge in [0.25, 0.3) is 0 Å². The Bertz CT molecular complexity index is 505. The van der Waals surface area contributed by atoms with Crippen molar-refractivity contribution < 1.29 is 13.2 Å². The fourth-order valence-electron chi connectivity index (χ4n) is 1.81. The van der Waals surface area contributed by atoms with Crippen molar-refractivity contribution in [3.8, 4) is 0 Å². The van der Waals surface area contributed by atoms with E-state index in [1.54, 1.807) is 6.07 Å². The Labute approximate surface area is 118 Å². The SMILES string of the molecule is CC(C)NCc1csc(S(=O)(=O)NC2CCOC2)c1. The van der Waals surface area contributed by atoms with Crippen LogP contribution in [0.1, 0.15) is 25.8 Å². The zero-order valence-electron chi connectivity index (χ0n) is 11.2. The van der Waals surface area contributed by atoms with Gasteiger partial charge in [0.1, 0.15) is 4.21 Å². The third-order valence-corrected chi connectivity index (χ3v) is 5.87. The molecule has 0 amide bonds. The zero-order chi connectivity index (χ0) is 13.9. The van der Waals surface area contributed by atoms with E-state index < -0.39 is 10.0 Å². The van der Waals surface area contributed by atoms with Gasteiger partial charge in [0, 0.05) is 25.2 Å². The highest BCUT2D eigenvalue weighted by molar-refractivity contribution is 7.91. The fourth-order valence-corrected chi connectivity index (χ4v) is 4.29. The number of ether oxygens (including phenoxy) is 1. The first-order valence-electron chi connectivity index (χ1n) is 6.38. The first-order chi connectivity index (χ1) is 8.97. The van der Waals surface area contributed by atoms with Crippen LogP contribution in [0.3, 0.4) is 0 Å². The molecule has 1 aliphatic heterocycles. The summed E-state index contributed by atoms with van der Waals surface area (Å²) in [5.74, 6) is 0. The van der Waals surface area contributed by atoms with Crippen molar-refractivity contribution in [1.82, 2.24) is 10.0 Å². The van der Waals surface area contributed by atoms with Gasteiger partial charge in [-0.15, -0.1) is 11.3 Å². The molecular formula is C12H20N2O3S2. The molecule has 1 fully saturated rings. The average molecular weight is 304 g/mol. The number of sulfonamides is 1. The Balaban J connectivity index is 1.99. The van der Waals surface area contributed by atoms with Crippen LogP contribution in [-0.4, -0.2) is 33.7 Å². The Hall–Kier alpha value is -0.470. The molecule has 0 saturated carbocycles. The van der Waals surface area contributed by atoms with E-state index in [0.717, 1.165) is 12.0 Å². The van der Waals surface area contributed by atoms with Crippen molar-refractivity contribution in [2.75, 3.05) is 13.2 Å². The van der Waals surface area contributed by atoms with Gasteiger partial charge in [-0.1, -0.05) is 13.8 Å². The molecule has 19 heavy (non-hydrogen) atoms. The molecule has 5 nitrogen and oxygen atoms in total. The summed E-state index contributed by atoms with van der Waals surface area (Å²) < 4.78 is 32.6. The lowest BCUT2D eigenvalue weighted by molar-refractivity contribution is 0.192. The molecule has 0 spiro atoms. The summed E-state index contributed by atoms with van der Waals surface area (Å²) in [6.45, 7) is 5.90. The molecule has 2 N–H and O–H groups in total. The molecule has 0 aromatic carbocycles. The molecule has 108 valence electrons. The third-order valence-electron chi connectivity index (χ3n) is 2.86. The van der Waals surface area contributed by atoms with Crippen molar-refractivity contribution in [2.45, 2.75) is 43.1 Å². The molecule has 1 unspecified atom stereocenters. The van der Waals surface area contributed by atoms with Crippen LogP contribution in [0, 0.1) is 0 Å². The van der Waals surface area contributed by atoms with Gasteiger partial charge in [-0.3, -0.25) is 0 Å². The normalized spacial score (nSPS) is 20.3. The highest BCUT2D eigenvalue weighted by Crippen LogP contribution is 2.21. The number of hydrogen-bond donors (Lipinski definition) is 2. The predicted molar refractivity (Wildman–Crippen MR) is 75.8 cm³/mol. The van der Waals surface area contributed by atoms with Crippen molar-refractivity contribution >= 4 is 21.4 Å². The maximum absolute atomic E-state index is 12.2. The van der Waals surface area contributed by atoms with Crippen LogP contribution in [0.15, 0.2) is 15.7 Å². The average Bonchev–Trinajstić information content (AvgIpc) is 2.96. The molecule has 7 heteroatoms. The fraction of sp³-hybridized carbons (Fsp3) is 0.667. The first-order valence-corrected chi connectivity index (χ1v) is 8.74. The maximum Gasteiger partial charge on any atom is 0.250 e. The van der Waals surface area contributed by atoms with Crippen LogP contribution in [0.2, 0.25) is 0 Å². The second-order valence-electron chi connectivity index (χ2n) is 4.99. The summed E-state index contributed by atoms with van der Waals surface area (Å²) in [5.41, 5.74) is 1.00. The minimum atomic E-state index is -3.40. The quantitative estimate of drug-likeness (QED) is 0.831. The van der Waals surface area contributed by atoms with Crippen LogP contribution < -0.4 is 10.0 Å². The van der Waals surface area contributed by atoms with Crippen LogP contribution in [-0.2, 0) is 21.3 Å². The second-order valence-corrected chi connectivity index (χ2v) is 7.84. The van der Waals surface area contributed by atoms with Gasteiger partial charge in [0.15, 0.2) is 0 Å². The summed E-state index contributed by atoms with van der Waals surface area (Å²) in [6, 6.07) is 2.02. The van der Waals surface area contributed by atoms with E-state index in [1.807, 2.05) is 5.38 Å². The molecule has 2 rings (SSSR count). The van der Waals surface area contributed by atoms with E-state index >= 15 is 0 Å². The molecule has 0 aliphatic carbocycles. The van der Waals surface area contributed by atoms with Gasteiger partial charge in [0.05, 0.1) is 6.61 Å². The minimum absolute atomic E-state index is 0.0932. The number of nitrogens with one attached hydrogen (secondary N) is 2. The van der Waals surface area contributed by atoms with Gasteiger partial charge in [0.2, 0.25) is 10.0 Å². The Morgan fingerprint density at radius 1 is 1.53 bits per heavy atom. The van der Waals surface area contributed by atoms with E-state index in [1.165, 1.54) is 11.3 Å². The van der Waals surface area contributed by atoms with Crippen LogP contribution in [0.4, 0.5) is 0 Å². The van der Waals surface area contributed by atoms with Crippen molar-refractivity contribution in [2.24, 2.45) is 0 Å². The van der Waals surface area contributed by atoms with Crippen molar-refractivity contribution in [3.63, 3.8) is 0 Å². The third kappa shape index (κ3) is 4.25. The molecule has 2 heterocycles. The van der Waals surface area contributed by atoms with E-state index in [4.69, 9.17) is 4.74 Å². The first kappa shape index (κ1) is 14.9. The molecule has 1 saturated heterocycles. The number of rotatable bonds is 6. The topological polar surface area (TPSA) is 67.4 Å².